The summed E-state index contributed by atoms with van der Waals surface area (Å²) < 4.78 is 4.89. The molecule has 0 spiro atoms. The Morgan fingerprint density at radius 3 is 1.94 bits per heavy atom. The fraction of sp³-hybridized carbons (Fsp3) is 0.786. The second-order valence-corrected chi connectivity index (χ2v) is 4.20. The summed E-state index contributed by atoms with van der Waals surface area (Å²) in [6.45, 7) is 6.13. The van der Waals surface area contributed by atoms with Crippen molar-refractivity contribution in [2.75, 3.05) is 6.61 Å². The summed E-state index contributed by atoms with van der Waals surface area (Å²) in [6, 6.07) is 0. The van der Waals surface area contributed by atoms with Gasteiger partial charge in [0.1, 0.15) is 0 Å². The van der Waals surface area contributed by atoms with E-state index in [1.807, 2.05) is 0 Å². The van der Waals surface area contributed by atoms with Crippen LogP contribution in [0.15, 0.2) is 12.7 Å². The molecule has 0 amide bonds. The van der Waals surface area contributed by atoms with Crippen LogP contribution in [0.3, 0.4) is 0 Å². The zero-order valence-electron chi connectivity index (χ0n) is 11.1. The number of unbranched alkanes of at least 4 members (excludes halogenated alkanes) is 8. The van der Waals surface area contributed by atoms with Gasteiger partial charge in [0.05, 0.1) is 6.61 Å². The van der Waals surface area contributed by atoms with Gasteiger partial charge in [0.15, 0.2) is 0 Å². The van der Waals surface area contributed by atoms with Crippen molar-refractivity contribution in [3.8, 4) is 0 Å². The van der Waals surface area contributed by atoms with Gasteiger partial charge in [-0.25, -0.2) is 4.79 Å². The van der Waals surface area contributed by atoms with Crippen LogP contribution in [0.1, 0.15) is 64.7 Å². The molecule has 102 valence electrons. The third-order valence-corrected chi connectivity index (χ3v) is 2.66. The normalized spacial score (nSPS) is 9.47. The van der Waals surface area contributed by atoms with Crippen molar-refractivity contribution in [1.82, 2.24) is 0 Å². The molecular formula is C14H27FO2. The smallest absolute Gasteiger partial charge is 0.330 e. The van der Waals surface area contributed by atoms with E-state index in [9.17, 15) is 4.79 Å². The van der Waals surface area contributed by atoms with Crippen LogP contribution in [-0.2, 0) is 9.53 Å². The van der Waals surface area contributed by atoms with E-state index >= 15 is 0 Å². The molecule has 2 nitrogen and oxygen atoms in total. The summed E-state index contributed by atoms with van der Waals surface area (Å²) in [6.07, 6.45) is 12.7. The quantitative estimate of drug-likeness (QED) is 0.307. The number of rotatable bonds is 11. The van der Waals surface area contributed by atoms with Gasteiger partial charge in [0.25, 0.3) is 0 Å². The minimum atomic E-state index is -0.306. The Morgan fingerprint density at radius 2 is 1.47 bits per heavy atom. The molecule has 0 rings (SSSR count). The predicted molar refractivity (Wildman–Crippen MR) is 70.9 cm³/mol. The first kappa shape index (κ1) is 18.5. The second kappa shape index (κ2) is 15.1. The monoisotopic (exact) mass is 246 g/mol. The molecule has 0 atom stereocenters. The van der Waals surface area contributed by atoms with E-state index in [1.54, 1.807) is 0 Å². The molecule has 0 radical (unpaired) electrons. The van der Waals surface area contributed by atoms with Crippen molar-refractivity contribution in [3.63, 3.8) is 0 Å². The first-order chi connectivity index (χ1) is 7.81. The molecule has 0 heterocycles. The number of ether oxygens (including phenoxy) is 1. The van der Waals surface area contributed by atoms with Crippen LogP contribution in [0, 0.1) is 0 Å². The van der Waals surface area contributed by atoms with Crippen LogP contribution in [0.5, 0.6) is 0 Å². The highest BCUT2D eigenvalue weighted by molar-refractivity contribution is 5.81. The largest absolute Gasteiger partial charge is 0.463 e. The molecule has 0 saturated carbocycles. The molecule has 0 aromatic rings. The third kappa shape index (κ3) is 15.1. The van der Waals surface area contributed by atoms with Crippen LogP contribution in [-0.4, -0.2) is 12.6 Å². The van der Waals surface area contributed by atoms with Gasteiger partial charge in [-0.05, 0) is 6.42 Å². The molecule has 17 heavy (non-hydrogen) atoms. The Labute approximate surface area is 105 Å². The lowest BCUT2D eigenvalue weighted by atomic mass is 10.1. The van der Waals surface area contributed by atoms with Gasteiger partial charge >= 0.3 is 5.97 Å². The summed E-state index contributed by atoms with van der Waals surface area (Å²) in [7, 11) is 0. The zero-order valence-corrected chi connectivity index (χ0v) is 11.1. The van der Waals surface area contributed by atoms with Crippen LogP contribution in [0.2, 0.25) is 0 Å². The second-order valence-electron chi connectivity index (χ2n) is 4.20. The number of esters is 1. The summed E-state index contributed by atoms with van der Waals surface area (Å²) in [5.74, 6) is -0.306. The van der Waals surface area contributed by atoms with Crippen molar-refractivity contribution >= 4 is 5.97 Å². The molecule has 0 N–H and O–H groups in total. The maximum Gasteiger partial charge on any atom is 0.330 e. The van der Waals surface area contributed by atoms with E-state index in [0.29, 0.717) is 6.61 Å². The van der Waals surface area contributed by atoms with Gasteiger partial charge in [-0.3, -0.25) is 4.70 Å². The summed E-state index contributed by atoms with van der Waals surface area (Å²) in [5, 5.41) is 0. The average molecular weight is 246 g/mol. The highest BCUT2D eigenvalue weighted by atomic mass is 19.0. The fourth-order valence-electron chi connectivity index (χ4n) is 1.64. The topological polar surface area (TPSA) is 26.3 Å². The first-order valence-corrected chi connectivity index (χ1v) is 6.60. The van der Waals surface area contributed by atoms with Gasteiger partial charge in [0, 0.05) is 6.08 Å². The lowest BCUT2D eigenvalue weighted by Crippen LogP contribution is -2.01. The van der Waals surface area contributed by atoms with Crippen LogP contribution < -0.4 is 0 Å². The van der Waals surface area contributed by atoms with Gasteiger partial charge in [-0.15, -0.1) is 0 Å². The molecule has 0 bridgehead atoms. The minimum Gasteiger partial charge on any atom is -0.463 e. The lowest BCUT2D eigenvalue weighted by Gasteiger charge is -2.02. The van der Waals surface area contributed by atoms with E-state index < -0.39 is 0 Å². The van der Waals surface area contributed by atoms with Crippen LogP contribution in [0.25, 0.3) is 0 Å². The highest BCUT2D eigenvalue weighted by Gasteiger charge is 1.95. The molecule has 0 unspecified atom stereocenters. The molecule has 0 aromatic carbocycles. The number of carbonyl (C=O) groups is 1. The fourth-order valence-corrected chi connectivity index (χ4v) is 1.64. The van der Waals surface area contributed by atoms with Gasteiger partial charge in [0.2, 0.25) is 0 Å². The zero-order chi connectivity index (χ0) is 12.1. The van der Waals surface area contributed by atoms with Gasteiger partial charge in [-0.2, -0.15) is 0 Å². The predicted octanol–water partition coefficient (Wildman–Crippen LogP) is 4.40. The number of carbonyl (C=O) groups excluding carboxylic acids is 1. The Bertz CT molecular complexity index is 181. The summed E-state index contributed by atoms with van der Waals surface area (Å²) in [5.41, 5.74) is 0. The molecule has 0 aliphatic carbocycles. The van der Waals surface area contributed by atoms with E-state index in [4.69, 9.17) is 4.74 Å². The van der Waals surface area contributed by atoms with Crippen molar-refractivity contribution < 1.29 is 14.2 Å². The molecule has 3 heteroatoms. The third-order valence-electron chi connectivity index (χ3n) is 2.66. The molecule has 0 aliphatic rings. The number of hydrogen-bond acceptors (Lipinski definition) is 2. The average Bonchev–Trinajstić information content (AvgIpc) is 2.31. The first-order valence-electron chi connectivity index (χ1n) is 6.60. The Hall–Kier alpha value is -0.860. The van der Waals surface area contributed by atoms with Crippen molar-refractivity contribution in [2.24, 2.45) is 0 Å². The van der Waals surface area contributed by atoms with E-state index in [-0.39, 0.29) is 10.7 Å². The van der Waals surface area contributed by atoms with Crippen LogP contribution >= 0.6 is 0 Å². The standard InChI is InChI=1S/C14H26O2.FH/c1-3-5-6-7-8-9-10-11-12-13-16-14(15)4-2;/h4H,2-3,5-13H2,1H3;1H. The Morgan fingerprint density at radius 1 is 1.00 bits per heavy atom. The van der Waals surface area contributed by atoms with Crippen molar-refractivity contribution in [3.05, 3.63) is 12.7 Å². The molecular weight excluding hydrogens is 219 g/mol. The van der Waals surface area contributed by atoms with E-state index in [1.165, 1.54) is 51.0 Å². The maximum atomic E-state index is 10.7. The molecule has 0 aromatic heterocycles. The van der Waals surface area contributed by atoms with E-state index in [2.05, 4.69) is 13.5 Å². The van der Waals surface area contributed by atoms with Crippen molar-refractivity contribution in [1.29, 1.82) is 0 Å². The maximum absolute atomic E-state index is 10.7. The molecule has 0 fully saturated rings. The van der Waals surface area contributed by atoms with Crippen LogP contribution in [0.4, 0.5) is 4.70 Å². The molecule has 0 saturated heterocycles. The lowest BCUT2D eigenvalue weighted by molar-refractivity contribution is -0.137. The SMILES string of the molecule is C=CC(=O)OCCCCCCCCCCC.F. The Balaban J connectivity index is 0. The van der Waals surface area contributed by atoms with E-state index in [0.717, 1.165) is 12.8 Å². The summed E-state index contributed by atoms with van der Waals surface area (Å²) in [4.78, 5) is 10.7. The minimum absolute atomic E-state index is 0. The summed E-state index contributed by atoms with van der Waals surface area (Å²) >= 11 is 0. The highest BCUT2D eigenvalue weighted by Crippen LogP contribution is 2.09. The number of hydrogen-bond donors (Lipinski definition) is 0. The molecule has 0 aliphatic heterocycles. The van der Waals surface area contributed by atoms with Gasteiger partial charge < -0.3 is 4.74 Å². The van der Waals surface area contributed by atoms with Crippen molar-refractivity contribution in [2.45, 2.75) is 64.7 Å². The van der Waals surface area contributed by atoms with Gasteiger partial charge in [-0.1, -0.05) is 64.9 Å². The number of halogens is 1. The Kier molecular flexibility index (Phi) is 16.5.